The lowest BCUT2D eigenvalue weighted by Gasteiger charge is -2.47. The van der Waals surface area contributed by atoms with Crippen LogP contribution in [0.25, 0.3) is 0 Å². The molecule has 3 fully saturated rings. The van der Waals surface area contributed by atoms with Crippen LogP contribution in [0.15, 0.2) is 47.0 Å². The molecule has 5 rings (SSSR count). The molecule has 1 spiro atoms. The predicted octanol–water partition coefficient (Wildman–Crippen LogP) is 3.11. The quantitative estimate of drug-likeness (QED) is 0.545. The van der Waals surface area contributed by atoms with Crippen LogP contribution in [0.3, 0.4) is 0 Å². The van der Waals surface area contributed by atoms with Crippen LogP contribution in [0.1, 0.15) is 52.0 Å². The number of rotatable bonds is 3. The van der Waals surface area contributed by atoms with Crippen molar-refractivity contribution in [2.75, 3.05) is 0 Å². The second kappa shape index (κ2) is 7.49. The first-order valence-corrected chi connectivity index (χ1v) is 12.2. The molecule has 3 saturated carbocycles. The van der Waals surface area contributed by atoms with Gasteiger partial charge in [0.2, 0.25) is 0 Å². The van der Waals surface area contributed by atoms with E-state index in [4.69, 9.17) is 0 Å². The Morgan fingerprint density at radius 3 is 2.47 bits per heavy atom. The Morgan fingerprint density at radius 1 is 1.03 bits per heavy atom. The summed E-state index contributed by atoms with van der Waals surface area (Å²) in [6.07, 6.45) is 4.51. The van der Waals surface area contributed by atoms with Crippen molar-refractivity contribution >= 4 is 6.21 Å². The lowest BCUT2D eigenvalue weighted by atomic mass is 9.59. The van der Waals surface area contributed by atoms with Gasteiger partial charge in [-0.2, -0.15) is 0 Å². The summed E-state index contributed by atoms with van der Waals surface area (Å²) in [5.74, 6) is 0.0701. The number of aliphatic hydroxyl groups is 4. The van der Waals surface area contributed by atoms with Gasteiger partial charge in [-0.3, -0.25) is 4.99 Å². The van der Waals surface area contributed by atoms with E-state index in [2.05, 4.69) is 30.1 Å². The molecular weight excluding hydrogens is 402 g/mol. The maximum Gasteiger partial charge on any atom is 0.101 e. The van der Waals surface area contributed by atoms with Gasteiger partial charge < -0.3 is 20.4 Å². The molecule has 0 amide bonds. The third-order valence-corrected chi connectivity index (χ3v) is 9.86. The Hall–Kier alpha value is -1.53. The summed E-state index contributed by atoms with van der Waals surface area (Å²) in [6, 6.07) is 10.1. The summed E-state index contributed by atoms with van der Waals surface area (Å²) >= 11 is 0. The molecule has 2 bridgehead atoms. The molecule has 1 aromatic carbocycles. The fourth-order valence-electron chi connectivity index (χ4n) is 7.92. The number of nitrogens with zero attached hydrogens (tertiary/aromatic N) is 1. The first-order chi connectivity index (χ1) is 15.1. The largest absolute Gasteiger partial charge is 0.392 e. The fourth-order valence-corrected chi connectivity index (χ4v) is 7.92. The second-order valence-corrected chi connectivity index (χ2v) is 11.4. The molecule has 4 aliphatic carbocycles. The number of aliphatic imine (C=N–C) groups is 1. The van der Waals surface area contributed by atoms with Crippen molar-refractivity contribution in [3.63, 3.8) is 0 Å². The summed E-state index contributed by atoms with van der Waals surface area (Å²) in [4.78, 5) is 4.67. The van der Waals surface area contributed by atoms with E-state index < -0.39 is 34.7 Å². The molecule has 32 heavy (non-hydrogen) atoms. The van der Waals surface area contributed by atoms with Crippen molar-refractivity contribution in [3.05, 3.63) is 47.5 Å². The van der Waals surface area contributed by atoms with Gasteiger partial charge in [-0.15, -0.1) is 0 Å². The fraction of sp³-hybridized carbons (Fsp3) is 0.667. The average molecular weight is 440 g/mol. The molecular formula is C27H37NO4. The van der Waals surface area contributed by atoms with E-state index in [0.717, 1.165) is 24.0 Å². The first-order valence-electron chi connectivity index (χ1n) is 12.2. The van der Waals surface area contributed by atoms with E-state index in [0.29, 0.717) is 19.4 Å². The molecule has 4 N–H and O–H groups in total. The van der Waals surface area contributed by atoms with Gasteiger partial charge in [-0.25, -0.2) is 0 Å². The SMILES string of the molecule is C[C@H]1[C@@H]2CC[C@H]3C(C=NCc4ccccc4)=C[C@]2(C[C@@H](O)[C@@]2(O)[C@H]1C[C@H](O)C2(C)C)[C@@H]3O. The highest BCUT2D eigenvalue weighted by Crippen LogP contribution is 2.66. The summed E-state index contributed by atoms with van der Waals surface area (Å²) in [5, 5.41) is 45.6. The van der Waals surface area contributed by atoms with E-state index in [1.807, 2.05) is 38.3 Å². The van der Waals surface area contributed by atoms with Gasteiger partial charge in [0.25, 0.3) is 0 Å². The van der Waals surface area contributed by atoms with Gasteiger partial charge in [0.05, 0.1) is 24.9 Å². The molecule has 174 valence electrons. The van der Waals surface area contributed by atoms with Crippen LogP contribution in [0, 0.1) is 34.5 Å². The van der Waals surface area contributed by atoms with Crippen LogP contribution >= 0.6 is 0 Å². The standard InChI is InChI=1S/C27H37NO4/c1-16-20-10-9-19-18(15-28-14-17-7-5-4-6-8-17)12-26(20,24(19)31)13-23(30)27(32)21(16)11-22(29)25(27,2)3/h4-8,12,15-16,19-24,29-32H,9-11,13-14H2,1-3H3/t16-,19-,20-,21-,22-,23+,24+,26+,27-/m0/s1. The highest BCUT2D eigenvalue weighted by Gasteiger charge is 2.70. The Labute approximate surface area is 190 Å². The zero-order valence-electron chi connectivity index (χ0n) is 19.4. The van der Waals surface area contributed by atoms with Gasteiger partial charge >= 0.3 is 0 Å². The molecule has 0 aliphatic heterocycles. The number of hydrogen-bond acceptors (Lipinski definition) is 5. The average Bonchev–Trinajstić information content (AvgIpc) is 3.01. The maximum atomic E-state index is 11.9. The van der Waals surface area contributed by atoms with Gasteiger partial charge in [-0.1, -0.05) is 57.2 Å². The summed E-state index contributed by atoms with van der Waals surface area (Å²) in [7, 11) is 0. The van der Waals surface area contributed by atoms with Crippen molar-refractivity contribution in [3.8, 4) is 0 Å². The molecule has 0 aromatic heterocycles. The molecule has 1 aromatic rings. The first kappa shape index (κ1) is 22.3. The second-order valence-electron chi connectivity index (χ2n) is 11.4. The predicted molar refractivity (Wildman–Crippen MR) is 124 cm³/mol. The highest BCUT2D eigenvalue weighted by molar-refractivity contribution is 5.81. The number of benzene rings is 1. The molecule has 0 heterocycles. The van der Waals surface area contributed by atoms with E-state index in [9.17, 15) is 20.4 Å². The lowest BCUT2D eigenvalue weighted by molar-refractivity contribution is -0.177. The van der Waals surface area contributed by atoms with Crippen LogP contribution < -0.4 is 0 Å². The lowest BCUT2D eigenvalue weighted by Crippen LogP contribution is -2.57. The third kappa shape index (κ3) is 2.87. The Bertz CT molecular complexity index is 927. The zero-order valence-corrected chi connectivity index (χ0v) is 19.4. The summed E-state index contributed by atoms with van der Waals surface area (Å²) in [5.41, 5.74) is -0.519. The van der Waals surface area contributed by atoms with E-state index in [-0.39, 0.29) is 23.7 Å². The van der Waals surface area contributed by atoms with Crippen LogP contribution in [-0.2, 0) is 6.54 Å². The van der Waals surface area contributed by atoms with E-state index in [1.54, 1.807) is 0 Å². The van der Waals surface area contributed by atoms with Crippen molar-refractivity contribution < 1.29 is 20.4 Å². The minimum absolute atomic E-state index is 0.0244. The number of fused-ring (bicyclic) bond motifs is 2. The summed E-state index contributed by atoms with van der Waals surface area (Å²) < 4.78 is 0. The zero-order chi connectivity index (χ0) is 22.9. The highest BCUT2D eigenvalue weighted by atomic mass is 16.4. The van der Waals surface area contributed by atoms with Crippen LogP contribution in [-0.4, -0.2) is 50.6 Å². The number of aliphatic hydroxyl groups excluding tert-OH is 3. The molecule has 5 nitrogen and oxygen atoms in total. The molecule has 0 saturated heterocycles. The van der Waals surface area contributed by atoms with Gasteiger partial charge in [0, 0.05) is 23.0 Å². The smallest absolute Gasteiger partial charge is 0.101 e. The van der Waals surface area contributed by atoms with Crippen LogP contribution in [0.5, 0.6) is 0 Å². The minimum atomic E-state index is -1.37. The maximum absolute atomic E-state index is 11.9. The summed E-state index contributed by atoms with van der Waals surface area (Å²) in [6.45, 7) is 6.48. The normalized spacial score (nSPS) is 47.1. The Balaban J connectivity index is 1.49. The monoisotopic (exact) mass is 439 g/mol. The van der Waals surface area contributed by atoms with E-state index in [1.165, 1.54) is 0 Å². The van der Waals surface area contributed by atoms with Crippen molar-refractivity contribution in [1.29, 1.82) is 0 Å². The Morgan fingerprint density at radius 2 is 1.75 bits per heavy atom. The molecule has 0 radical (unpaired) electrons. The Kier molecular flexibility index (Phi) is 5.21. The van der Waals surface area contributed by atoms with Gasteiger partial charge in [-0.05, 0) is 54.6 Å². The van der Waals surface area contributed by atoms with Crippen molar-refractivity contribution in [1.82, 2.24) is 0 Å². The molecule has 5 heteroatoms. The number of hydrogen-bond donors (Lipinski definition) is 4. The van der Waals surface area contributed by atoms with E-state index >= 15 is 0 Å². The van der Waals surface area contributed by atoms with Crippen LogP contribution in [0.2, 0.25) is 0 Å². The molecule has 9 atom stereocenters. The molecule has 0 unspecified atom stereocenters. The van der Waals surface area contributed by atoms with Gasteiger partial charge in [0.1, 0.15) is 5.60 Å². The molecule has 4 aliphatic rings. The third-order valence-electron chi connectivity index (χ3n) is 9.86. The minimum Gasteiger partial charge on any atom is -0.392 e. The van der Waals surface area contributed by atoms with Crippen LogP contribution in [0.4, 0.5) is 0 Å². The van der Waals surface area contributed by atoms with Crippen molar-refractivity contribution in [2.24, 2.45) is 39.5 Å². The van der Waals surface area contributed by atoms with Gasteiger partial charge in [0.15, 0.2) is 0 Å². The van der Waals surface area contributed by atoms with Crippen molar-refractivity contribution in [2.45, 2.75) is 76.9 Å². The topological polar surface area (TPSA) is 93.3 Å².